The van der Waals surface area contributed by atoms with Crippen LogP contribution in [0, 0.1) is 28.8 Å². The van der Waals surface area contributed by atoms with Gasteiger partial charge in [-0.05, 0) is 44.1 Å². The summed E-state index contributed by atoms with van der Waals surface area (Å²) in [6.45, 7) is 3.53. The van der Waals surface area contributed by atoms with Crippen LogP contribution >= 0.6 is 0 Å². The lowest BCUT2D eigenvalue weighted by molar-refractivity contribution is -0.385. The number of rotatable bonds is 3. The van der Waals surface area contributed by atoms with E-state index in [1.54, 1.807) is 0 Å². The molecule has 0 heterocycles. The molecule has 0 N–H and O–H groups in total. The first-order valence-electron chi connectivity index (χ1n) is 7.04. The van der Waals surface area contributed by atoms with Crippen LogP contribution in [0.4, 0.5) is 10.1 Å². The van der Waals surface area contributed by atoms with E-state index in [1.165, 1.54) is 6.92 Å². The predicted octanol–water partition coefficient (Wildman–Crippen LogP) is 3.78. The monoisotopic (exact) mass is 295 g/mol. The molecule has 1 aliphatic carbocycles. The average Bonchev–Trinajstić information content (AvgIpc) is 2.43. The molecule has 1 fully saturated rings. The topological polar surface area (TPSA) is 69.4 Å². The van der Waals surface area contributed by atoms with Crippen LogP contribution in [-0.2, 0) is 4.74 Å². The number of esters is 1. The zero-order valence-electron chi connectivity index (χ0n) is 12.1. The smallest absolute Gasteiger partial charge is 0.341 e. The van der Waals surface area contributed by atoms with Crippen molar-refractivity contribution >= 4 is 11.7 Å². The predicted molar refractivity (Wildman–Crippen MR) is 74.6 cm³/mol. The zero-order chi connectivity index (χ0) is 15.6. The minimum Gasteiger partial charge on any atom is -0.459 e. The van der Waals surface area contributed by atoms with E-state index in [0.717, 1.165) is 37.8 Å². The highest BCUT2D eigenvalue weighted by Crippen LogP contribution is 2.27. The number of aryl methyl sites for hydroxylation is 1. The van der Waals surface area contributed by atoms with Crippen LogP contribution in [0.1, 0.15) is 48.5 Å². The van der Waals surface area contributed by atoms with Gasteiger partial charge in [0.1, 0.15) is 17.5 Å². The van der Waals surface area contributed by atoms with Crippen LogP contribution in [0.5, 0.6) is 0 Å². The number of halogens is 1. The molecule has 1 aromatic carbocycles. The fraction of sp³-hybridized carbons (Fsp3) is 0.533. The summed E-state index contributed by atoms with van der Waals surface area (Å²) in [4.78, 5) is 22.2. The quantitative estimate of drug-likeness (QED) is 0.483. The SMILES string of the molecule is Cc1cc([N+](=O)[O-])cc(C(=O)OC2CCC(C)CC2)c1F. The number of ether oxygens (including phenoxy) is 1. The minimum atomic E-state index is -0.821. The van der Waals surface area contributed by atoms with Crippen molar-refractivity contribution in [3.63, 3.8) is 0 Å². The molecule has 0 aliphatic heterocycles. The van der Waals surface area contributed by atoms with E-state index in [0.29, 0.717) is 5.92 Å². The molecule has 0 saturated heterocycles. The highest BCUT2D eigenvalue weighted by molar-refractivity contribution is 5.91. The van der Waals surface area contributed by atoms with Gasteiger partial charge in [-0.2, -0.15) is 0 Å². The van der Waals surface area contributed by atoms with Crippen LogP contribution in [-0.4, -0.2) is 17.0 Å². The molecule has 1 aliphatic rings. The lowest BCUT2D eigenvalue weighted by Gasteiger charge is -2.26. The number of hydrogen-bond donors (Lipinski definition) is 0. The van der Waals surface area contributed by atoms with Gasteiger partial charge in [-0.15, -0.1) is 0 Å². The molecule has 0 atom stereocenters. The second kappa shape index (κ2) is 6.20. The van der Waals surface area contributed by atoms with Crippen molar-refractivity contribution in [2.24, 2.45) is 5.92 Å². The second-order valence-electron chi connectivity index (χ2n) is 5.67. The second-order valence-corrected chi connectivity index (χ2v) is 5.67. The number of benzene rings is 1. The summed E-state index contributed by atoms with van der Waals surface area (Å²) in [6.07, 6.45) is 3.21. The van der Waals surface area contributed by atoms with Crippen molar-refractivity contribution in [3.05, 3.63) is 39.2 Å². The third kappa shape index (κ3) is 3.56. The van der Waals surface area contributed by atoms with Crippen molar-refractivity contribution in [2.45, 2.75) is 45.6 Å². The highest BCUT2D eigenvalue weighted by Gasteiger charge is 2.25. The first kappa shape index (κ1) is 15.4. The first-order chi connectivity index (χ1) is 9.88. The van der Waals surface area contributed by atoms with Gasteiger partial charge in [0.25, 0.3) is 5.69 Å². The Bertz CT molecular complexity index is 565. The number of nitrogens with zero attached hydrogens (tertiary/aromatic N) is 1. The molecule has 0 bridgehead atoms. The minimum absolute atomic E-state index is 0.0633. The van der Waals surface area contributed by atoms with Gasteiger partial charge in [-0.25, -0.2) is 9.18 Å². The molecule has 1 aromatic rings. The maximum Gasteiger partial charge on any atom is 0.341 e. The van der Waals surface area contributed by atoms with Crippen LogP contribution in [0.3, 0.4) is 0 Å². The van der Waals surface area contributed by atoms with E-state index in [9.17, 15) is 19.3 Å². The van der Waals surface area contributed by atoms with Gasteiger partial charge in [-0.3, -0.25) is 10.1 Å². The van der Waals surface area contributed by atoms with Crippen LogP contribution in [0.15, 0.2) is 12.1 Å². The van der Waals surface area contributed by atoms with E-state index in [1.807, 2.05) is 0 Å². The summed E-state index contributed by atoms with van der Waals surface area (Å²) in [5.74, 6) is -0.967. The van der Waals surface area contributed by atoms with Crippen LogP contribution in [0.2, 0.25) is 0 Å². The van der Waals surface area contributed by atoms with Gasteiger partial charge in [0.2, 0.25) is 0 Å². The lowest BCUT2D eigenvalue weighted by atomic mass is 9.89. The Balaban J connectivity index is 2.17. The van der Waals surface area contributed by atoms with Crippen molar-refractivity contribution in [1.29, 1.82) is 0 Å². The van der Waals surface area contributed by atoms with Crippen LogP contribution < -0.4 is 0 Å². The Morgan fingerprint density at radius 3 is 2.52 bits per heavy atom. The van der Waals surface area contributed by atoms with Crippen molar-refractivity contribution in [3.8, 4) is 0 Å². The third-order valence-corrected chi connectivity index (χ3v) is 3.91. The van der Waals surface area contributed by atoms with Crippen molar-refractivity contribution < 1.29 is 18.8 Å². The Hall–Kier alpha value is -1.98. The standard InChI is InChI=1S/C15H18FNO4/c1-9-3-5-12(6-4-9)21-15(18)13-8-11(17(19)20)7-10(2)14(13)16/h7-9,12H,3-6H2,1-2H3. The van der Waals surface area contributed by atoms with Gasteiger partial charge in [0, 0.05) is 12.1 Å². The van der Waals surface area contributed by atoms with Crippen molar-refractivity contribution in [2.75, 3.05) is 0 Å². The van der Waals surface area contributed by atoms with Gasteiger partial charge in [0.15, 0.2) is 0 Å². The lowest BCUT2D eigenvalue weighted by Crippen LogP contribution is -2.24. The number of non-ortho nitro benzene ring substituents is 1. The first-order valence-corrected chi connectivity index (χ1v) is 7.04. The normalized spacial score (nSPS) is 21.9. The van der Waals surface area contributed by atoms with Gasteiger partial charge >= 0.3 is 5.97 Å². The number of nitro groups is 1. The highest BCUT2D eigenvalue weighted by atomic mass is 19.1. The summed E-state index contributed by atoms with van der Waals surface area (Å²) in [5.41, 5.74) is -0.605. The van der Waals surface area contributed by atoms with Gasteiger partial charge in [0.05, 0.1) is 4.92 Å². The van der Waals surface area contributed by atoms with Gasteiger partial charge in [-0.1, -0.05) is 6.92 Å². The number of nitro benzene ring substituents is 1. The van der Waals surface area contributed by atoms with E-state index in [-0.39, 0.29) is 22.9 Å². The van der Waals surface area contributed by atoms with E-state index < -0.39 is 16.7 Å². The summed E-state index contributed by atoms with van der Waals surface area (Å²) in [7, 11) is 0. The number of carbonyl (C=O) groups excluding carboxylic acids is 1. The molecule has 0 aromatic heterocycles. The maximum absolute atomic E-state index is 14.0. The maximum atomic E-state index is 14.0. The molecule has 1 saturated carbocycles. The van der Waals surface area contributed by atoms with E-state index >= 15 is 0 Å². The molecule has 5 nitrogen and oxygen atoms in total. The summed E-state index contributed by atoms with van der Waals surface area (Å²) >= 11 is 0. The van der Waals surface area contributed by atoms with Gasteiger partial charge < -0.3 is 4.74 Å². The number of hydrogen-bond acceptors (Lipinski definition) is 4. The summed E-state index contributed by atoms with van der Waals surface area (Å²) in [6, 6.07) is 2.05. The average molecular weight is 295 g/mol. The number of carbonyl (C=O) groups is 1. The van der Waals surface area contributed by atoms with Crippen LogP contribution in [0.25, 0.3) is 0 Å². The molecule has 2 rings (SSSR count). The fourth-order valence-electron chi connectivity index (χ4n) is 2.57. The molecule has 0 spiro atoms. The molecule has 114 valence electrons. The molecule has 6 heteroatoms. The van der Waals surface area contributed by atoms with E-state index in [2.05, 4.69) is 6.92 Å². The Morgan fingerprint density at radius 1 is 1.33 bits per heavy atom. The molecular formula is C15H18FNO4. The van der Waals surface area contributed by atoms with E-state index in [4.69, 9.17) is 4.74 Å². The molecular weight excluding hydrogens is 277 g/mol. The Morgan fingerprint density at radius 2 is 1.95 bits per heavy atom. The largest absolute Gasteiger partial charge is 0.459 e. The fourth-order valence-corrected chi connectivity index (χ4v) is 2.57. The molecule has 21 heavy (non-hydrogen) atoms. The third-order valence-electron chi connectivity index (χ3n) is 3.91. The van der Waals surface area contributed by atoms with Crippen molar-refractivity contribution in [1.82, 2.24) is 0 Å². The molecule has 0 unspecified atom stereocenters. The summed E-state index contributed by atoms with van der Waals surface area (Å²) in [5, 5.41) is 10.8. The Kier molecular flexibility index (Phi) is 4.55. The molecule has 0 radical (unpaired) electrons. The Labute approximate surface area is 122 Å². The summed E-state index contributed by atoms with van der Waals surface area (Å²) < 4.78 is 19.3. The zero-order valence-corrected chi connectivity index (χ0v) is 12.1. The molecule has 0 amide bonds.